The fourth-order valence-electron chi connectivity index (χ4n) is 2.73. The Balaban J connectivity index is 2.89. The summed E-state index contributed by atoms with van der Waals surface area (Å²) in [5.41, 5.74) is -0.708. The van der Waals surface area contributed by atoms with Crippen LogP contribution in [-0.4, -0.2) is 60.4 Å². The average Bonchev–Trinajstić information content (AvgIpc) is 2.54. The molecular weight excluding hydrogens is 254 g/mol. The summed E-state index contributed by atoms with van der Waals surface area (Å²) in [4.78, 5) is 28.8. The zero-order valence-electron chi connectivity index (χ0n) is 13.5. The summed E-state index contributed by atoms with van der Waals surface area (Å²) in [5, 5.41) is 2.95. The van der Waals surface area contributed by atoms with Crippen molar-refractivity contribution in [3.63, 3.8) is 0 Å². The van der Waals surface area contributed by atoms with E-state index in [0.717, 1.165) is 13.0 Å². The predicted molar refractivity (Wildman–Crippen MR) is 80.4 cm³/mol. The minimum absolute atomic E-state index is 0.00985. The Kier molecular flexibility index (Phi) is 5.99. The molecule has 1 unspecified atom stereocenters. The van der Waals surface area contributed by atoms with Crippen LogP contribution in [0.3, 0.4) is 0 Å². The smallest absolute Gasteiger partial charge is 0.248 e. The quantitative estimate of drug-likeness (QED) is 0.798. The molecule has 1 atom stereocenters. The second-order valence-corrected chi connectivity index (χ2v) is 6.03. The second-order valence-electron chi connectivity index (χ2n) is 6.03. The van der Waals surface area contributed by atoms with Crippen molar-refractivity contribution >= 4 is 11.8 Å². The van der Waals surface area contributed by atoms with Crippen molar-refractivity contribution < 1.29 is 9.59 Å². The van der Waals surface area contributed by atoms with E-state index in [2.05, 4.69) is 17.1 Å². The predicted octanol–water partition coefficient (Wildman–Crippen LogP) is 1.23. The van der Waals surface area contributed by atoms with Crippen LogP contribution in [0, 0.1) is 0 Å². The van der Waals surface area contributed by atoms with Crippen molar-refractivity contribution in [1.29, 1.82) is 0 Å². The molecule has 5 nitrogen and oxygen atoms in total. The van der Waals surface area contributed by atoms with E-state index in [0.29, 0.717) is 25.8 Å². The average molecular weight is 283 g/mol. The first-order valence-corrected chi connectivity index (χ1v) is 7.63. The molecule has 0 spiro atoms. The van der Waals surface area contributed by atoms with Crippen molar-refractivity contribution in [3.8, 4) is 0 Å². The summed E-state index contributed by atoms with van der Waals surface area (Å²) in [6.45, 7) is 7.48. The van der Waals surface area contributed by atoms with Gasteiger partial charge in [-0.25, -0.2) is 0 Å². The zero-order chi connectivity index (χ0) is 15.3. The molecule has 1 saturated heterocycles. The lowest BCUT2D eigenvalue weighted by Gasteiger charge is -2.37. The maximum atomic E-state index is 12.9. The van der Waals surface area contributed by atoms with Gasteiger partial charge in [-0.3, -0.25) is 9.59 Å². The van der Waals surface area contributed by atoms with Gasteiger partial charge in [0.2, 0.25) is 11.8 Å². The minimum atomic E-state index is -0.708. The largest absolute Gasteiger partial charge is 0.342 e. The van der Waals surface area contributed by atoms with Gasteiger partial charge in [0.25, 0.3) is 0 Å². The van der Waals surface area contributed by atoms with Crippen LogP contribution in [0.2, 0.25) is 0 Å². The van der Waals surface area contributed by atoms with E-state index in [-0.39, 0.29) is 17.9 Å². The fraction of sp³-hybridized carbons (Fsp3) is 0.867. The molecule has 0 saturated carbocycles. The molecule has 5 heteroatoms. The number of carbonyl (C=O) groups excluding carboxylic acids is 2. The Morgan fingerprint density at radius 3 is 2.40 bits per heavy atom. The first-order valence-electron chi connectivity index (χ1n) is 7.63. The number of nitrogens with zero attached hydrogens (tertiary/aromatic N) is 2. The Hall–Kier alpha value is -1.10. The van der Waals surface area contributed by atoms with E-state index < -0.39 is 5.54 Å². The fourth-order valence-corrected chi connectivity index (χ4v) is 2.73. The first-order chi connectivity index (χ1) is 9.36. The first kappa shape index (κ1) is 17.0. The second kappa shape index (κ2) is 7.07. The van der Waals surface area contributed by atoms with E-state index in [9.17, 15) is 9.59 Å². The maximum absolute atomic E-state index is 12.9. The Labute approximate surface area is 122 Å². The lowest BCUT2D eigenvalue weighted by Crippen LogP contribution is -2.58. The summed E-state index contributed by atoms with van der Waals surface area (Å²) < 4.78 is 0. The molecule has 1 heterocycles. The molecule has 2 amide bonds. The highest BCUT2D eigenvalue weighted by Gasteiger charge is 2.42. The molecule has 0 radical (unpaired) electrons. The standard InChI is InChI=1S/C15H29N3O2/c1-6-15(7-2)14(20)18(11-9-13(19)16-15)12(3)8-10-17(4)5/h12H,6-11H2,1-5H3,(H,16,19). The van der Waals surface area contributed by atoms with E-state index in [1.807, 2.05) is 32.8 Å². The number of nitrogens with one attached hydrogen (secondary N) is 1. The van der Waals surface area contributed by atoms with Crippen LogP contribution in [-0.2, 0) is 9.59 Å². The van der Waals surface area contributed by atoms with Gasteiger partial charge in [0.05, 0.1) is 0 Å². The Bertz CT molecular complexity index is 351. The van der Waals surface area contributed by atoms with E-state index in [1.54, 1.807) is 0 Å². The SMILES string of the molecule is CCC1(CC)NC(=O)CCN(C(C)CCN(C)C)C1=O. The summed E-state index contributed by atoms with van der Waals surface area (Å²) >= 11 is 0. The number of hydrogen-bond acceptors (Lipinski definition) is 3. The van der Waals surface area contributed by atoms with Crippen LogP contribution in [0.25, 0.3) is 0 Å². The molecule has 1 fully saturated rings. The van der Waals surface area contributed by atoms with Crippen molar-refractivity contribution in [2.75, 3.05) is 27.2 Å². The van der Waals surface area contributed by atoms with Crippen LogP contribution < -0.4 is 5.32 Å². The van der Waals surface area contributed by atoms with E-state index in [4.69, 9.17) is 0 Å². The Morgan fingerprint density at radius 2 is 1.90 bits per heavy atom. The third-order valence-electron chi connectivity index (χ3n) is 4.36. The number of rotatable bonds is 6. The summed E-state index contributed by atoms with van der Waals surface area (Å²) in [6, 6.07) is 0.162. The summed E-state index contributed by atoms with van der Waals surface area (Å²) in [7, 11) is 4.06. The number of carbonyl (C=O) groups is 2. The minimum Gasteiger partial charge on any atom is -0.342 e. The number of amides is 2. The number of hydrogen-bond donors (Lipinski definition) is 1. The van der Waals surface area contributed by atoms with Gasteiger partial charge in [0, 0.05) is 19.0 Å². The van der Waals surface area contributed by atoms with Gasteiger partial charge in [-0.05, 0) is 46.8 Å². The Morgan fingerprint density at radius 1 is 1.30 bits per heavy atom. The third kappa shape index (κ3) is 3.72. The van der Waals surface area contributed by atoms with Crippen LogP contribution in [0.15, 0.2) is 0 Å². The molecule has 20 heavy (non-hydrogen) atoms. The molecule has 1 N–H and O–H groups in total. The van der Waals surface area contributed by atoms with Gasteiger partial charge in [-0.2, -0.15) is 0 Å². The molecular formula is C15H29N3O2. The van der Waals surface area contributed by atoms with Crippen molar-refractivity contribution in [2.45, 2.75) is 58.0 Å². The monoisotopic (exact) mass is 283 g/mol. The maximum Gasteiger partial charge on any atom is 0.248 e. The molecule has 1 rings (SSSR count). The molecule has 116 valence electrons. The topological polar surface area (TPSA) is 52.7 Å². The van der Waals surface area contributed by atoms with Crippen molar-refractivity contribution in [2.24, 2.45) is 0 Å². The van der Waals surface area contributed by atoms with Crippen LogP contribution in [0.5, 0.6) is 0 Å². The highest BCUT2D eigenvalue weighted by atomic mass is 16.2. The molecule has 0 aliphatic carbocycles. The lowest BCUT2D eigenvalue weighted by molar-refractivity contribution is -0.141. The van der Waals surface area contributed by atoms with Gasteiger partial charge in [-0.1, -0.05) is 13.8 Å². The van der Waals surface area contributed by atoms with Crippen molar-refractivity contribution in [1.82, 2.24) is 15.1 Å². The van der Waals surface area contributed by atoms with Gasteiger partial charge in [-0.15, -0.1) is 0 Å². The third-order valence-corrected chi connectivity index (χ3v) is 4.36. The lowest BCUT2D eigenvalue weighted by atomic mass is 9.90. The van der Waals surface area contributed by atoms with E-state index >= 15 is 0 Å². The highest BCUT2D eigenvalue weighted by molar-refractivity contribution is 5.93. The highest BCUT2D eigenvalue weighted by Crippen LogP contribution is 2.24. The molecule has 1 aliphatic rings. The normalized spacial score (nSPS) is 20.8. The molecule has 0 aromatic carbocycles. The molecule has 0 aromatic rings. The van der Waals surface area contributed by atoms with Gasteiger partial charge >= 0.3 is 0 Å². The summed E-state index contributed by atoms with van der Waals surface area (Å²) in [5.74, 6) is 0.0731. The zero-order valence-corrected chi connectivity index (χ0v) is 13.5. The van der Waals surface area contributed by atoms with Crippen LogP contribution in [0.1, 0.15) is 46.5 Å². The summed E-state index contributed by atoms with van der Waals surface area (Å²) in [6.07, 6.45) is 2.62. The molecule has 0 aromatic heterocycles. The van der Waals surface area contributed by atoms with Gasteiger partial charge in [0.1, 0.15) is 5.54 Å². The molecule has 1 aliphatic heterocycles. The van der Waals surface area contributed by atoms with E-state index in [1.165, 1.54) is 0 Å². The van der Waals surface area contributed by atoms with Crippen LogP contribution in [0.4, 0.5) is 0 Å². The van der Waals surface area contributed by atoms with Crippen molar-refractivity contribution in [3.05, 3.63) is 0 Å². The van der Waals surface area contributed by atoms with Gasteiger partial charge in [0.15, 0.2) is 0 Å². The van der Waals surface area contributed by atoms with Gasteiger partial charge < -0.3 is 15.1 Å². The van der Waals surface area contributed by atoms with Crippen LogP contribution >= 0.6 is 0 Å². The molecule has 0 bridgehead atoms.